The van der Waals surface area contributed by atoms with Crippen LogP contribution in [0.15, 0.2) is 18.2 Å². The van der Waals surface area contributed by atoms with Gasteiger partial charge in [-0.25, -0.2) is 4.39 Å². The molecule has 5 aliphatic rings. The highest BCUT2D eigenvalue weighted by molar-refractivity contribution is 5.82. The Bertz CT molecular complexity index is 786. The van der Waals surface area contributed by atoms with Crippen LogP contribution < -0.4 is 10.1 Å². The van der Waals surface area contributed by atoms with Gasteiger partial charge in [-0.15, -0.1) is 0 Å². The molecule has 4 saturated carbocycles. The van der Waals surface area contributed by atoms with Crippen molar-refractivity contribution >= 4 is 5.91 Å². The Morgan fingerprint density at radius 1 is 1.13 bits per heavy atom. The van der Waals surface area contributed by atoms with Gasteiger partial charge in [-0.1, -0.05) is 0 Å². The molecule has 31 heavy (non-hydrogen) atoms. The number of hydrogen-bond donors (Lipinski definition) is 1. The number of nitrogens with one attached hydrogen (secondary N) is 1. The molecule has 1 N–H and O–H groups in total. The molecule has 4 bridgehead atoms. The van der Waals surface area contributed by atoms with Crippen molar-refractivity contribution in [2.45, 2.75) is 63.6 Å². The van der Waals surface area contributed by atoms with Gasteiger partial charge in [0.25, 0.3) is 0 Å². The van der Waals surface area contributed by atoms with Gasteiger partial charge in [-0.3, -0.25) is 14.6 Å². The Balaban J connectivity index is 1.15. The fourth-order valence-electron chi connectivity index (χ4n) is 7.22. The topological polar surface area (TPSA) is 44.8 Å². The van der Waals surface area contributed by atoms with Gasteiger partial charge in [0.05, 0.1) is 13.2 Å². The Morgan fingerprint density at radius 3 is 2.32 bits per heavy atom. The predicted octanol–water partition coefficient (Wildman–Crippen LogP) is 3.43. The molecule has 1 saturated heterocycles. The summed E-state index contributed by atoms with van der Waals surface area (Å²) in [4.78, 5) is 17.8. The number of amides is 1. The maximum Gasteiger partial charge on any atom is 0.237 e. The van der Waals surface area contributed by atoms with Gasteiger partial charge in [0.2, 0.25) is 5.91 Å². The van der Waals surface area contributed by atoms with Crippen LogP contribution in [0.2, 0.25) is 0 Å². The molecule has 1 aromatic rings. The van der Waals surface area contributed by atoms with Crippen molar-refractivity contribution < 1.29 is 13.9 Å². The molecule has 4 aliphatic carbocycles. The second-order valence-corrected chi connectivity index (χ2v) is 10.6. The normalized spacial score (nSPS) is 34.0. The molecule has 1 amide bonds. The lowest BCUT2D eigenvalue weighted by Gasteiger charge is -2.57. The standard InChI is InChI=1S/C25H36FN3O2/c1-17(24(30)27-25-13-18-9-19(14-25)11-20(10-18)15-25)29-7-5-28(6-8-29)16-21-12-22(26)3-4-23(21)31-2/h3-4,12,17-20H,5-11,13-16H2,1-2H3,(H,27,30)/t17-,18?,19?,20?,25?/m1/s1. The van der Waals surface area contributed by atoms with Crippen LogP contribution in [0.5, 0.6) is 5.75 Å². The number of hydrogen-bond acceptors (Lipinski definition) is 4. The van der Waals surface area contributed by atoms with E-state index >= 15 is 0 Å². The molecule has 0 unspecified atom stereocenters. The van der Waals surface area contributed by atoms with E-state index in [0.29, 0.717) is 6.54 Å². The number of ether oxygens (including phenoxy) is 1. The van der Waals surface area contributed by atoms with Gasteiger partial charge in [0, 0.05) is 43.8 Å². The van der Waals surface area contributed by atoms with Gasteiger partial charge in [0.15, 0.2) is 0 Å². The van der Waals surface area contributed by atoms with Crippen molar-refractivity contribution in [1.82, 2.24) is 15.1 Å². The minimum atomic E-state index is -0.232. The number of benzene rings is 1. The lowest BCUT2D eigenvalue weighted by molar-refractivity contribution is -0.132. The summed E-state index contributed by atoms with van der Waals surface area (Å²) in [5, 5.41) is 3.54. The maximum atomic E-state index is 13.7. The number of nitrogens with zero attached hydrogens (tertiary/aromatic N) is 2. The van der Waals surface area contributed by atoms with Gasteiger partial charge in [-0.05, 0) is 81.4 Å². The van der Waals surface area contributed by atoms with E-state index in [-0.39, 0.29) is 23.3 Å². The van der Waals surface area contributed by atoms with Crippen LogP contribution in [0.4, 0.5) is 4.39 Å². The molecule has 1 atom stereocenters. The second kappa shape index (κ2) is 8.36. The van der Waals surface area contributed by atoms with E-state index < -0.39 is 0 Å². The largest absolute Gasteiger partial charge is 0.496 e. The third-order valence-corrected chi connectivity index (χ3v) is 8.40. The summed E-state index contributed by atoms with van der Waals surface area (Å²) in [5.41, 5.74) is 0.958. The summed E-state index contributed by atoms with van der Waals surface area (Å²) >= 11 is 0. The lowest BCUT2D eigenvalue weighted by atomic mass is 9.53. The summed E-state index contributed by atoms with van der Waals surface area (Å²) in [7, 11) is 1.62. The van der Waals surface area contributed by atoms with Crippen LogP contribution >= 0.6 is 0 Å². The zero-order valence-electron chi connectivity index (χ0n) is 18.9. The van der Waals surface area contributed by atoms with E-state index in [1.807, 2.05) is 0 Å². The number of carbonyl (C=O) groups is 1. The van der Waals surface area contributed by atoms with Crippen molar-refractivity contribution in [3.8, 4) is 5.75 Å². The number of carbonyl (C=O) groups excluding carboxylic acids is 1. The zero-order valence-corrected chi connectivity index (χ0v) is 18.9. The first-order chi connectivity index (χ1) is 14.9. The van der Waals surface area contributed by atoms with Gasteiger partial charge in [0.1, 0.15) is 11.6 Å². The summed E-state index contributed by atoms with van der Waals surface area (Å²) in [6.07, 6.45) is 7.76. The fourth-order valence-corrected chi connectivity index (χ4v) is 7.22. The minimum Gasteiger partial charge on any atom is -0.496 e. The van der Waals surface area contributed by atoms with Gasteiger partial charge < -0.3 is 10.1 Å². The molecule has 6 heteroatoms. The number of rotatable bonds is 6. The third-order valence-electron chi connectivity index (χ3n) is 8.40. The second-order valence-electron chi connectivity index (χ2n) is 10.6. The Hall–Kier alpha value is -1.66. The fraction of sp³-hybridized carbons (Fsp3) is 0.720. The SMILES string of the molecule is COc1ccc(F)cc1CN1CCN([C@H](C)C(=O)NC23CC4CC(CC(C4)C2)C3)CC1. The monoisotopic (exact) mass is 429 g/mol. The first kappa shape index (κ1) is 21.2. The summed E-state index contributed by atoms with van der Waals surface area (Å²) in [5.74, 6) is 3.22. The molecule has 0 aromatic heterocycles. The van der Waals surface area contributed by atoms with Gasteiger partial charge >= 0.3 is 0 Å². The van der Waals surface area contributed by atoms with Crippen molar-refractivity contribution in [3.05, 3.63) is 29.6 Å². The third kappa shape index (κ3) is 4.34. The van der Waals surface area contributed by atoms with E-state index in [0.717, 1.165) is 55.2 Å². The summed E-state index contributed by atoms with van der Waals surface area (Å²) < 4.78 is 19.1. The zero-order chi connectivity index (χ0) is 21.6. The molecular weight excluding hydrogens is 393 g/mol. The molecular formula is C25H36FN3O2. The molecule has 6 rings (SSSR count). The average molecular weight is 430 g/mol. The minimum absolute atomic E-state index is 0.0792. The Labute approximate surface area is 185 Å². The first-order valence-electron chi connectivity index (χ1n) is 12.0. The molecule has 0 spiro atoms. The van der Waals surface area contributed by atoms with E-state index in [4.69, 9.17) is 4.74 Å². The van der Waals surface area contributed by atoms with Crippen LogP contribution in [0.1, 0.15) is 51.0 Å². The molecule has 0 radical (unpaired) electrons. The van der Waals surface area contributed by atoms with Gasteiger partial charge in [-0.2, -0.15) is 0 Å². The van der Waals surface area contributed by atoms with Crippen molar-refractivity contribution in [2.75, 3.05) is 33.3 Å². The Kier molecular flexibility index (Phi) is 5.72. The molecule has 170 valence electrons. The van der Waals surface area contributed by atoms with Crippen LogP contribution in [-0.2, 0) is 11.3 Å². The summed E-state index contributed by atoms with van der Waals surface area (Å²) in [6.45, 7) is 6.17. The maximum absolute atomic E-state index is 13.7. The Morgan fingerprint density at radius 2 is 1.74 bits per heavy atom. The van der Waals surface area contributed by atoms with E-state index in [1.165, 1.54) is 44.6 Å². The number of piperazine rings is 1. The predicted molar refractivity (Wildman–Crippen MR) is 118 cm³/mol. The number of methoxy groups -OCH3 is 1. The summed E-state index contributed by atoms with van der Waals surface area (Å²) in [6, 6.07) is 4.59. The van der Waals surface area contributed by atoms with E-state index in [1.54, 1.807) is 19.2 Å². The number of halogens is 1. The van der Waals surface area contributed by atoms with Crippen LogP contribution in [-0.4, -0.2) is 60.6 Å². The lowest BCUT2D eigenvalue weighted by Crippen LogP contribution is -2.63. The first-order valence-corrected chi connectivity index (χ1v) is 12.0. The van der Waals surface area contributed by atoms with Crippen molar-refractivity contribution in [1.29, 1.82) is 0 Å². The molecule has 1 aliphatic heterocycles. The molecule has 1 aromatic carbocycles. The van der Waals surface area contributed by atoms with Crippen molar-refractivity contribution in [3.63, 3.8) is 0 Å². The molecule has 5 nitrogen and oxygen atoms in total. The highest BCUT2D eigenvalue weighted by Gasteiger charge is 2.51. The van der Waals surface area contributed by atoms with E-state index in [2.05, 4.69) is 22.0 Å². The highest BCUT2D eigenvalue weighted by atomic mass is 19.1. The molecule has 5 fully saturated rings. The van der Waals surface area contributed by atoms with E-state index in [9.17, 15) is 9.18 Å². The average Bonchev–Trinajstić information content (AvgIpc) is 2.72. The molecule has 1 heterocycles. The highest BCUT2D eigenvalue weighted by Crippen LogP contribution is 2.55. The van der Waals surface area contributed by atoms with Crippen LogP contribution in [0.3, 0.4) is 0 Å². The van der Waals surface area contributed by atoms with Crippen molar-refractivity contribution in [2.24, 2.45) is 17.8 Å². The van der Waals surface area contributed by atoms with Crippen LogP contribution in [0.25, 0.3) is 0 Å². The quantitative estimate of drug-likeness (QED) is 0.753. The van der Waals surface area contributed by atoms with Crippen LogP contribution in [0, 0.1) is 23.6 Å². The smallest absolute Gasteiger partial charge is 0.237 e.